The second-order valence-electron chi connectivity index (χ2n) is 6.79. The molecule has 0 spiro atoms. The van der Waals surface area contributed by atoms with Crippen LogP contribution < -0.4 is 4.90 Å². The lowest BCUT2D eigenvalue weighted by molar-refractivity contribution is 0.249. The van der Waals surface area contributed by atoms with E-state index in [1.807, 2.05) is 12.1 Å². The van der Waals surface area contributed by atoms with Gasteiger partial charge in [-0.25, -0.2) is 9.37 Å². The topological polar surface area (TPSA) is 45.4 Å². The minimum absolute atomic E-state index is 0.250. The first-order chi connectivity index (χ1) is 12.3. The van der Waals surface area contributed by atoms with Gasteiger partial charge >= 0.3 is 0 Å². The lowest BCUT2D eigenvalue weighted by Crippen LogP contribution is -2.38. The molecule has 0 N–H and O–H groups in total. The zero-order valence-electron chi connectivity index (χ0n) is 13.9. The molecule has 0 aliphatic carbocycles. The second-order valence-corrected chi connectivity index (χ2v) is 6.79. The van der Waals surface area contributed by atoms with Gasteiger partial charge in [0.2, 0.25) is 5.65 Å². The highest BCUT2D eigenvalue weighted by atomic mass is 19.1. The number of piperidine rings is 1. The van der Waals surface area contributed by atoms with Crippen LogP contribution >= 0.6 is 0 Å². The number of fused-ring (bicyclic) bond motifs is 5. The summed E-state index contributed by atoms with van der Waals surface area (Å²) < 4.78 is 19.1. The maximum absolute atomic E-state index is 13.1. The van der Waals surface area contributed by atoms with Gasteiger partial charge in [0, 0.05) is 37.8 Å². The number of nitrogens with zero attached hydrogens (tertiary/aromatic N) is 4. The Morgan fingerprint density at radius 1 is 0.920 bits per heavy atom. The molecule has 0 unspecified atom stereocenters. The number of rotatable bonds is 2. The maximum Gasteiger partial charge on any atom is 0.300 e. The summed E-state index contributed by atoms with van der Waals surface area (Å²) in [4.78, 5) is 14.1. The molecule has 2 bridgehead atoms. The van der Waals surface area contributed by atoms with Gasteiger partial charge in [0.1, 0.15) is 5.82 Å². The third-order valence-corrected chi connectivity index (χ3v) is 5.28. The largest absolute Gasteiger partial charge is 0.422 e. The van der Waals surface area contributed by atoms with Crippen LogP contribution in [0, 0.1) is 5.82 Å². The van der Waals surface area contributed by atoms with Crippen LogP contribution in [0.25, 0.3) is 22.5 Å². The highest BCUT2D eigenvalue weighted by Crippen LogP contribution is 2.29. The number of anilines is 1. The van der Waals surface area contributed by atoms with Gasteiger partial charge in [-0.2, -0.15) is 4.98 Å². The van der Waals surface area contributed by atoms with Gasteiger partial charge in [-0.3, -0.25) is 0 Å². The summed E-state index contributed by atoms with van der Waals surface area (Å²) >= 11 is 0. The number of pyridine rings is 1. The Hall–Kier alpha value is -2.47. The zero-order chi connectivity index (χ0) is 16.8. The number of aromatic nitrogens is 2. The van der Waals surface area contributed by atoms with Crippen molar-refractivity contribution in [2.45, 2.75) is 18.9 Å². The van der Waals surface area contributed by atoms with Gasteiger partial charge in [-0.05, 0) is 49.2 Å². The highest BCUT2D eigenvalue weighted by Gasteiger charge is 2.31. The number of oxazole rings is 1. The van der Waals surface area contributed by atoms with E-state index in [-0.39, 0.29) is 5.82 Å². The molecule has 128 valence electrons. The molecule has 3 aliphatic heterocycles. The number of hydrogen-bond acceptors (Lipinski definition) is 5. The summed E-state index contributed by atoms with van der Waals surface area (Å²) in [6.07, 6.45) is 2.32. The average molecular weight is 338 g/mol. The van der Waals surface area contributed by atoms with Crippen LogP contribution in [0.1, 0.15) is 12.8 Å². The van der Waals surface area contributed by atoms with E-state index in [4.69, 9.17) is 4.42 Å². The van der Waals surface area contributed by atoms with Crippen molar-refractivity contribution in [1.82, 2.24) is 14.9 Å². The first-order valence-electron chi connectivity index (χ1n) is 8.79. The van der Waals surface area contributed by atoms with E-state index in [9.17, 15) is 4.39 Å². The fraction of sp³-hybridized carbons (Fsp3) is 0.368. The Kier molecular flexibility index (Phi) is 3.45. The predicted octanol–water partition coefficient (Wildman–Crippen LogP) is 3.31. The lowest BCUT2D eigenvalue weighted by Gasteiger charge is -2.30. The van der Waals surface area contributed by atoms with E-state index >= 15 is 0 Å². The first-order valence-corrected chi connectivity index (χ1v) is 8.79. The molecule has 1 aromatic carbocycles. The number of benzene rings is 1. The molecule has 0 amide bonds. The standard InChI is InChI=1S/C19H19FN4O/c20-14-3-1-13(2-4-14)16-5-6-17-18(21-16)22-19(25-17)24-12-11-23-9-7-15(24)8-10-23/h1-6,15H,7-12H2. The molecule has 3 fully saturated rings. The van der Waals surface area contributed by atoms with Gasteiger partial charge in [0.15, 0.2) is 5.58 Å². The van der Waals surface area contributed by atoms with Crippen LogP contribution in [0.4, 0.5) is 10.4 Å². The van der Waals surface area contributed by atoms with Crippen LogP contribution in [-0.4, -0.2) is 47.1 Å². The highest BCUT2D eigenvalue weighted by molar-refractivity contribution is 5.75. The number of hydrogen-bond donors (Lipinski definition) is 0. The molecule has 3 saturated heterocycles. The van der Waals surface area contributed by atoms with Crippen molar-refractivity contribution >= 4 is 17.2 Å². The van der Waals surface area contributed by atoms with Crippen molar-refractivity contribution in [3.8, 4) is 11.3 Å². The second kappa shape index (κ2) is 5.81. The van der Waals surface area contributed by atoms with Crippen molar-refractivity contribution in [1.29, 1.82) is 0 Å². The molecule has 6 rings (SSSR count). The van der Waals surface area contributed by atoms with Crippen molar-refractivity contribution in [3.05, 3.63) is 42.2 Å². The van der Waals surface area contributed by atoms with Gasteiger partial charge in [0.05, 0.1) is 5.69 Å². The minimum atomic E-state index is -0.250. The van der Waals surface area contributed by atoms with Crippen LogP contribution in [-0.2, 0) is 0 Å². The molecule has 5 nitrogen and oxygen atoms in total. The van der Waals surface area contributed by atoms with Crippen LogP contribution in [0.15, 0.2) is 40.8 Å². The van der Waals surface area contributed by atoms with Crippen LogP contribution in [0.5, 0.6) is 0 Å². The molecule has 2 aromatic heterocycles. The smallest absolute Gasteiger partial charge is 0.300 e. The molecule has 0 saturated carbocycles. The van der Waals surface area contributed by atoms with Crippen molar-refractivity contribution in [3.63, 3.8) is 0 Å². The summed E-state index contributed by atoms with van der Waals surface area (Å²) in [5.74, 6) is -0.250. The van der Waals surface area contributed by atoms with Gasteiger partial charge in [-0.1, -0.05) is 0 Å². The fourth-order valence-electron chi connectivity index (χ4n) is 3.85. The van der Waals surface area contributed by atoms with E-state index in [1.54, 1.807) is 12.1 Å². The van der Waals surface area contributed by atoms with Crippen molar-refractivity contribution in [2.24, 2.45) is 0 Å². The van der Waals surface area contributed by atoms with Gasteiger partial charge < -0.3 is 14.2 Å². The quantitative estimate of drug-likeness (QED) is 0.717. The molecule has 0 radical (unpaired) electrons. The monoisotopic (exact) mass is 338 g/mol. The predicted molar refractivity (Wildman–Crippen MR) is 94.0 cm³/mol. The molecule has 3 aromatic rings. The van der Waals surface area contributed by atoms with E-state index in [2.05, 4.69) is 19.8 Å². The van der Waals surface area contributed by atoms with Crippen LogP contribution in [0.3, 0.4) is 0 Å². The maximum atomic E-state index is 13.1. The normalized spacial score (nSPS) is 23.2. The molecule has 0 atom stereocenters. The Balaban J connectivity index is 1.50. The Morgan fingerprint density at radius 3 is 2.52 bits per heavy atom. The summed E-state index contributed by atoms with van der Waals surface area (Å²) in [6, 6.07) is 11.3. The summed E-state index contributed by atoms with van der Waals surface area (Å²) in [5.41, 5.74) is 2.94. The van der Waals surface area contributed by atoms with E-state index in [0.29, 0.717) is 23.3 Å². The third kappa shape index (κ3) is 2.66. The molecule has 25 heavy (non-hydrogen) atoms. The molecule has 6 heteroatoms. The molecule has 5 heterocycles. The fourth-order valence-corrected chi connectivity index (χ4v) is 3.85. The molecular weight excluding hydrogens is 319 g/mol. The Labute approximate surface area is 145 Å². The molecule has 3 aliphatic rings. The SMILES string of the molecule is Fc1ccc(-c2ccc3oc(N4CCN5CCC4CC5)nc3n2)cc1. The third-order valence-electron chi connectivity index (χ3n) is 5.28. The van der Waals surface area contributed by atoms with Crippen molar-refractivity contribution in [2.75, 3.05) is 31.1 Å². The number of halogens is 1. The Morgan fingerprint density at radius 2 is 1.72 bits per heavy atom. The van der Waals surface area contributed by atoms with E-state index in [0.717, 1.165) is 50.3 Å². The summed E-state index contributed by atoms with van der Waals surface area (Å²) in [6.45, 7) is 4.33. The van der Waals surface area contributed by atoms with Crippen molar-refractivity contribution < 1.29 is 8.81 Å². The Bertz CT molecular complexity index is 899. The molecular formula is C19H19FN4O. The summed E-state index contributed by atoms with van der Waals surface area (Å²) in [5, 5.41) is 0. The zero-order valence-corrected chi connectivity index (χ0v) is 13.9. The van der Waals surface area contributed by atoms with Crippen LogP contribution in [0.2, 0.25) is 0 Å². The van der Waals surface area contributed by atoms with Gasteiger partial charge in [-0.15, -0.1) is 0 Å². The lowest BCUT2D eigenvalue weighted by atomic mass is 10.1. The van der Waals surface area contributed by atoms with E-state index in [1.165, 1.54) is 12.1 Å². The van der Waals surface area contributed by atoms with Gasteiger partial charge in [0.25, 0.3) is 6.01 Å². The van der Waals surface area contributed by atoms with E-state index < -0.39 is 0 Å². The summed E-state index contributed by atoms with van der Waals surface area (Å²) in [7, 11) is 0. The minimum Gasteiger partial charge on any atom is -0.422 e. The first kappa shape index (κ1) is 14.8. The average Bonchev–Trinajstić information content (AvgIpc) is 2.82.